The summed E-state index contributed by atoms with van der Waals surface area (Å²) in [5, 5.41) is 0. The Morgan fingerprint density at radius 3 is 2.40 bits per heavy atom. The fraction of sp³-hybridized carbons (Fsp3) is 0.591. The predicted octanol–water partition coefficient (Wildman–Crippen LogP) is 5.30. The highest BCUT2D eigenvalue weighted by atomic mass is 32.2. The first kappa shape index (κ1) is 24.4. The van der Waals surface area contributed by atoms with Crippen LogP contribution in [0.25, 0.3) is 0 Å². The van der Waals surface area contributed by atoms with E-state index in [0.29, 0.717) is 21.6 Å². The summed E-state index contributed by atoms with van der Waals surface area (Å²) in [7, 11) is -5.78. The standard InChI is InChI=1S/C22H24F6N4O2S.H2/c23-21(24,25)16-1-2-18-15(7-16)10-31(35(33,34)22(26,27)28)12-19(20-5-3-14(8-20)4-6-20)32(18)11-17-9-29-13-30-17;/h1-2,7,9,13-14,19H,3-6,8,10-12H2,(H,29,30);1H/t14?,19-,20?;/m1./s1. The lowest BCUT2D eigenvalue weighted by atomic mass is 9.76. The third kappa shape index (κ3) is 4.20. The molecule has 6 nitrogen and oxygen atoms in total. The number of aromatic amines is 1. The topological polar surface area (TPSA) is 69.3 Å². The number of sulfonamides is 1. The summed E-state index contributed by atoms with van der Waals surface area (Å²) in [6.45, 7) is -1.11. The molecule has 1 atom stereocenters. The number of benzene rings is 1. The van der Waals surface area contributed by atoms with Gasteiger partial charge in [-0.2, -0.15) is 30.6 Å². The highest BCUT2D eigenvalue weighted by Crippen LogP contribution is 2.58. The molecule has 3 aliphatic rings. The van der Waals surface area contributed by atoms with E-state index in [1.165, 1.54) is 12.4 Å². The van der Waals surface area contributed by atoms with E-state index < -0.39 is 51.8 Å². The van der Waals surface area contributed by atoms with Crippen molar-refractivity contribution >= 4 is 15.7 Å². The number of fused-ring (bicyclic) bond motifs is 3. The fourth-order valence-corrected chi connectivity index (χ4v) is 7.13. The van der Waals surface area contributed by atoms with Gasteiger partial charge >= 0.3 is 21.7 Å². The molecule has 2 saturated carbocycles. The molecule has 1 N–H and O–H groups in total. The highest BCUT2D eigenvalue weighted by Gasteiger charge is 2.56. The van der Waals surface area contributed by atoms with Gasteiger partial charge in [-0.15, -0.1) is 0 Å². The van der Waals surface area contributed by atoms with Gasteiger partial charge in [0, 0.05) is 32.4 Å². The minimum Gasteiger partial charge on any atom is -0.361 e. The largest absolute Gasteiger partial charge is 0.511 e. The predicted molar refractivity (Wildman–Crippen MR) is 117 cm³/mol. The van der Waals surface area contributed by atoms with E-state index in [9.17, 15) is 34.8 Å². The maximum Gasteiger partial charge on any atom is 0.511 e. The lowest BCUT2D eigenvalue weighted by molar-refractivity contribution is -0.137. The van der Waals surface area contributed by atoms with Crippen molar-refractivity contribution in [3.63, 3.8) is 0 Å². The van der Waals surface area contributed by atoms with Crippen LogP contribution >= 0.6 is 0 Å². The van der Waals surface area contributed by atoms with Crippen molar-refractivity contribution in [3.05, 3.63) is 47.5 Å². The number of alkyl halides is 6. The van der Waals surface area contributed by atoms with Crippen LogP contribution in [-0.2, 0) is 29.3 Å². The minimum atomic E-state index is -5.78. The van der Waals surface area contributed by atoms with Gasteiger partial charge in [0.1, 0.15) is 0 Å². The Morgan fingerprint density at radius 1 is 1.14 bits per heavy atom. The molecule has 0 unspecified atom stereocenters. The summed E-state index contributed by atoms with van der Waals surface area (Å²) in [4.78, 5) is 8.72. The van der Waals surface area contributed by atoms with Crippen molar-refractivity contribution in [3.8, 4) is 0 Å². The maximum atomic E-state index is 13.7. The molecule has 0 radical (unpaired) electrons. The van der Waals surface area contributed by atoms with E-state index in [-0.39, 0.29) is 13.5 Å². The average Bonchev–Trinajstić information content (AvgIpc) is 3.50. The number of halogens is 6. The number of nitrogens with one attached hydrogen (secondary N) is 1. The minimum absolute atomic E-state index is 0. The third-order valence-corrected chi connectivity index (χ3v) is 9.39. The summed E-state index contributed by atoms with van der Waals surface area (Å²) in [6.07, 6.45) is 2.28. The number of H-pyrrole nitrogens is 1. The Bertz CT molecular complexity index is 1190. The van der Waals surface area contributed by atoms with Crippen LogP contribution in [0.2, 0.25) is 0 Å². The molecular formula is C22H26F6N4O2S. The van der Waals surface area contributed by atoms with E-state index in [0.717, 1.165) is 44.2 Å². The number of hydrogen-bond donors (Lipinski definition) is 1. The Morgan fingerprint density at radius 2 is 1.86 bits per heavy atom. The second-order valence-electron chi connectivity index (χ2n) is 9.81. The van der Waals surface area contributed by atoms with Crippen LogP contribution in [0.4, 0.5) is 32.0 Å². The van der Waals surface area contributed by atoms with Crippen LogP contribution in [0, 0.1) is 11.3 Å². The SMILES string of the molecule is O=S(=O)(N1Cc2cc(C(F)(F)F)ccc2N(Cc2cnc[nH]2)[C@@H](C23CCC(CC2)C3)C1)C(F)(F)F.[HH]. The van der Waals surface area contributed by atoms with Gasteiger partial charge in [0.25, 0.3) is 0 Å². The molecule has 13 heteroatoms. The molecule has 35 heavy (non-hydrogen) atoms. The van der Waals surface area contributed by atoms with Crippen LogP contribution in [0.15, 0.2) is 30.7 Å². The molecule has 2 bridgehead atoms. The van der Waals surface area contributed by atoms with Crippen LogP contribution in [0.5, 0.6) is 0 Å². The van der Waals surface area contributed by atoms with Crippen LogP contribution in [0.1, 0.15) is 50.4 Å². The second kappa shape index (κ2) is 8.12. The van der Waals surface area contributed by atoms with Gasteiger partial charge in [-0.25, -0.2) is 13.4 Å². The number of anilines is 1. The Balaban J connectivity index is 0.00000304. The first-order valence-corrected chi connectivity index (χ1v) is 12.7. The lowest BCUT2D eigenvalue weighted by Crippen LogP contribution is -2.53. The average molecular weight is 525 g/mol. The molecular weight excluding hydrogens is 498 g/mol. The van der Waals surface area contributed by atoms with Gasteiger partial charge in [-0.3, -0.25) is 0 Å². The van der Waals surface area contributed by atoms with Gasteiger partial charge in [-0.05, 0) is 67.2 Å². The maximum absolute atomic E-state index is 13.7. The number of hydrogen-bond acceptors (Lipinski definition) is 4. The van der Waals surface area contributed by atoms with Crippen molar-refractivity contribution in [2.45, 2.75) is 62.9 Å². The highest BCUT2D eigenvalue weighted by molar-refractivity contribution is 7.89. The van der Waals surface area contributed by atoms with Crippen molar-refractivity contribution in [2.24, 2.45) is 11.3 Å². The van der Waals surface area contributed by atoms with E-state index in [1.807, 2.05) is 0 Å². The van der Waals surface area contributed by atoms with E-state index in [4.69, 9.17) is 0 Å². The zero-order chi connectivity index (χ0) is 25.2. The summed E-state index contributed by atoms with van der Waals surface area (Å²) < 4.78 is 107. The summed E-state index contributed by atoms with van der Waals surface area (Å²) in [5.41, 5.74) is -6.21. The molecule has 2 fully saturated rings. The quantitative estimate of drug-likeness (QED) is 0.552. The second-order valence-corrected chi connectivity index (χ2v) is 11.7. The number of aromatic nitrogens is 2. The smallest absolute Gasteiger partial charge is 0.361 e. The number of rotatable bonds is 4. The van der Waals surface area contributed by atoms with Crippen LogP contribution < -0.4 is 4.90 Å². The molecule has 2 aliphatic carbocycles. The third-order valence-electron chi connectivity index (χ3n) is 7.85. The van der Waals surface area contributed by atoms with E-state index in [2.05, 4.69) is 9.97 Å². The normalized spacial score (nSPS) is 27.8. The molecule has 2 aromatic rings. The Hall–Kier alpha value is -2.28. The van der Waals surface area contributed by atoms with E-state index in [1.54, 1.807) is 11.1 Å². The zero-order valence-corrected chi connectivity index (χ0v) is 19.3. The van der Waals surface area contributed by atoms with E-state index >= 15 is 0 Å². The molecule has 1 aromatic carbocycles. The summed E-state index contributed by atoms with van der Waals surface area (Å²) in [5.74, 6) is 0.423. The van der Waals surface area contributed by atoms with Crippen molar-refractivity contribution in [1.29, 1.82) is 0 Å². The number of imidazole rings is 1. The van der Waals surface area contributed by atoms with Gasteiger partial charge in [-0.1, -0.05) is 0 Å². The monoisotopic (exact) mass is 524 g/mol. The van der Waals surface area contributed by atoms with Crippen LogP contribution in [0.3, 0.4) is 0 Å². The molecule has 0 saturated heterocycles. The molecule has 194 valence electrons. The molecule has 2 heterocycles. The zero-order valence-electron chi connectivity index (χ0n) is 18.5. The van der Waals surface area contributed by atoms with Gasteiger partial charge < -0.3 is 9.88 Å². The fourth-order valence-electron chi connectivity index (χ4n) is 6.19. The van der Waals surface area contributed by atoms with Gasteiger partial charge in [0.2, 0.25) is 0 Å². The van der Waals surface area contributed by atoms with Gasteiger partial charge in [0.15, 0.2) is 0 Å². The molecule has 1 aliphatic heterocycles. The van der Waals surface area contributed by atoms with Gasteiger partial charge in [0.05, 0.1) is 24.1 Å². The summed E-state index contributed by atoms with van der Waals surface area (Å²) in [6, 6.07) is 2.27. The molecule has 0 amide bonds. The molecule has 0 spiro atoms. The Labute approximate surface area is 199 Å². The Kier molecular flexibility index (Phi) is 5.66. The first-order chi connectivity index (χ1) is 16.3. The van der Waals surface area contributed by atoms with Crippen molar-refractivity contribution < 1.29 is 36.2 Å². The molecule has 1 aromatic heterocycles. The van der Waals surface area contributed by atoms with Crippen LogP contribution in [-0.4, -0.2) is 40.8 Å². The van der Waals surface area contributed by atoms with Crippen molar-refractivity contribution in [1.82, 2.24) is 14.3 Å². The number of nitrogens with zero attached hydrogens (tertiary/aromatic N) is 3. The lowest BCUT2D eigenvalue weighted by Gasteiger charge is -2.45. The first-order valence-electron chi connectivity index (χ1n) is 11.3. The summed E-state index contributed by atoms with van der Waals surface area (Å²) >= 11 is 0. The van der Waals surface area contributed by atoms with Crippen molar-refractivity contribution in [2.75, 3.05) is 11.4 Å². The molecule has 5 rings (SSSR count).